The lowest BCUT2D eigenvalue weighted by Crippen LogP contribution is -2.31. The van der Waals surface area contributed by atoms with Crippen LogP contribution in [0.4, 0.5) is 13.2 Å². The number of hydrogen-bond donors (Lipinski definition) is 4. The number of aromatic carboxylic acids is 1. The van der Waals surface area contributed by atoms with Gasteiger partial charge in [-0.3, -0.25) is 4.55 Å². The molecule has 3 atom stereocenters. The van der Waals surface area contributed by atoms with Crippen LogP contribution in [0.25, 0.3) is 0 Å². The Morgan fingerprint density at radius 3 is 1.61 bits per heavy atom. The summed E-state index contributed by atoms with van der Waals surface area (Å²) in [4.78, 5) is 10.1. The van der Waals surface area contributed by atoms with Gasteiger partial charge in [-0.2, -0.15) is 21.6 Å². The van der Waals surface area contributed by atoms with E-state index in [-0.39, 0.29) is 4.90 Å². The van der Waals surface area contributed by atoms with Gasteiger partial charge in [-0.25, -0.2) is 4.79 Å². The zero-order chi connectivity index (χ0) is 24.2. The van der Waals surface area contributed by atoms with Crippen molar-refractivity contribution in [2.45, 2.75) is 43.5 Å². The normalized spacial score (nSPS) is 14.1. The second-order valence-corrected chi connectivity index (χ2v) is 7.87. The second kappa shape index (κ2) is 13.1. The molecule has 0 bridgehead atoms. The van der Waals surface area contributed by atoms with Crippen LogP contribution in [-0.2, 0) is 10.1 Å². The first-order valence-electron chi connectivity index (χ1n) is 8.89. The molecule has 0 saturated carbocycles. The molecule has 2 aromatic rings. The first-order valence-corrected chi connectivity index (χ1v) is 10.3. The summed E-state index contributed by atoms with van der Waals surface area (Å²) in [6.45, 7) is 2.73. The molecule has 31 heavy (non-hydrogen) atoms. The average molecular weight is 466 g/mol. The molecule has 11 heteroatoms. The fourth-order valence-electron chi connectivity index (χ4n) is 1.92. The van der Waals surface area contributed by atoms with Crippen molar-refractivity contribution in [3.63, 3.8) is 0 Å². The number of carboxylic acid groups (broad SMARTS) is 1. The third kappa shape index (κ3) is 13.4. The van der Waals surface area contributed by atoms with E-state index in [1.165, 1.54) is 26.0 Å². The van der Waals surface area contributed by atoms with Gasteiger partial charge in [0.1, 0.15) is 0 Å². The molecule has 3 unspecified atom stereocenters. The molecule has 0 spiro atoms. The predicted molar refractivity (Wildman–Crippen MR) is 107 cm³/mol. The predicted octanol–water partition coefficient (Wildman–Crippen LogP) is 3.63. The van der Waals surface area contributed by atoms with Crippen LogP contribution in [-0.4, -0.2) is 52.6 Å². The SMILES string of the molecule is CC(O)C(C)C(O)CC(F)(F)F.O=C(O)c1ccccc1.O=S(=O)(O)c1ccccc1. The number of hydrogen-bond acceptors (Lipinski definition) is 5. The Balaban J connectivity index is 0.000000439. The van der Waals surface area contributed by atoms with E-state index in [0.717, 1.165) is 0 Å². The average Bonchev–Trinajstić information content (AvgIpc) is 2.67. The fraction of sp³-hybridized carbons (Fsp3) is 0.350. The van der Waals surface area contributed by atoms with Crippen LogP contribution in [0.3, 0.4) is 0 Å². The van der Waals surface area contributed by atoms with E-state index in [9.17, 15) is 26.4 Å². The molecule has 0 aliphatic rings. The molecule has 4 N–H and O–H groups in total. The number of aliphatic hydroxyl groups is 2. The molecule has 2 rings (SSSR count). The number of aliphatic hydroxyl groups excluding tert-OH is 2. The van der Waals surface area contributed by atoms with Crippen molar-refractivity contribution in [1.82, 2.24) is 0 Å². The lowest BCUT2D eigenvalue weighted by atomic mass is 9.97. The van der Waals surface area contributed by atoms with Gasteiger partial charge in [-0.05, 0) is 31.2 Å². The molecule has 0 heterocycles. The van der Waals surface area contributed by atoms with Gasteiger partial charge in [0.2, 0.25) is 0 Å². The van der Waals surface area contributed by atoms with Crippen molar-refractivity contribution in [2.24, 2.45) is 5.92 Å². The minimum Gasteiger partial charge on any atom is -0.478 e. The van der Waals surface area contributed by atoms with E-state index in [2.05, 4.69) is 0 Å². The lowest BCUT2D eigenvalue weighted by molar-refractivity contribution is -0.162. The molecule has 0 fully saturated rings. The number of benzene rings is 2. The van der Waals surface area contributed by atoms with Crippen LogP contribution in [0, 0.1) is 5.92 Å². The second-order valence-electron chi connectivity index (χ2n) is 6.45. The van der Waals surface area contributed by atoms with Crippen LogP contribution in [0.15, 0.2) is 65.6 Å². The quantitative estimate of drug-likeness (QED) is 0.495. The highest BCUT2D eigenvalue weighted by Gasteiger charge is 2.34. The van der Waals surface area contributed by atoms with Crippen LogP contribution >= 0.6 is 0 Å². The first-order chi connectivity index (χ1) is 14.1. The molecule has 0 aliphatic carbocycles. The number of halogens is 3. The largest absolute Gasteiger partial charge is 0.478 e. The third-order valence-corrected chi connectivity index (χ3v) is 4.74. The van der Waals surface area contributed by atoms with Crippen LogP contribution in [0.5, 0.6) is 0 Å². The van der Waals surface area contributed by atoms with Crippen molar-refractivity contribution in [2.75, 3.05) is 0 Å². The summed E-state index contributed by atoms with van der Waals surface area (Å²) in [5.74, 6) is -1.64. The highest BCUT2D eigenvalue weighted by molar-refractivity contribution is 7.85. The smallest absolute Gasteiger partial charge is 0.391 e. The summed E-state index contributed by atoms with van der Waals surface area (Å²) < 4.78 is 64.3. The van der Waals surface area contributed by atoms with E-state index < -0.39 is 46.8 Å². The summed E-state index contributed by atoms with van der Waals surface area (Å²) in [6, 6.07) is 15.7. The number of alkyl halides is 3. The Morgan fingerprint density at radius 2 is 1.35 bits per heavy atom. The van der Waals surface area contributed by atoms with Gasteiger partial charge in [0.25, 0.3) is 10.1 Å². The molecule has 0 radical (unpaired) electrons. The van der Waals surface area contributed by atoms with Crippen molar-refractivity contribution in [1.29, 1.82) is 0 Å². The highest BCUT2D eigenvalue weighted by atomic mass is 32.2. The molecule has 0 saturated heterocycles. The van der Waals surface area contributed by atoms with E-state index in [4.69, 9.17) is 19.9 Å². The maximum atomic E-state index is 11.7. The lowest BCUT2D eigenvalue weighted by Gasteiger charge is -2.22. The monoisotopic (exact) mass is 466 g/mol. The van der Waals surface area contributed by atoms with Gasteiger partial charge >= 0.3 is 12.1 Å². The van der Waals surface area contributed by atoms with Crippen LogP contribution in [0.1, 0.15) is 30.6 Å². The summed E-state index contributed by atoms with van der Waals surface area (Å²) in [5.41, 5.74) is 0.331. The van der Waals surface area contributed by atoms with E-state index in [1.807, 2.05) is 0 Å². The topological polar surface area (TPSA) is 132 Å². The first kappa shape index (κ1) is 28.5. The van der Waals surface area contributed by atoms with Crippen molar-refractivity contribution in [3.05, 3.63) is 66.2 Å². The third-order valence-electron chi connectivity index (χ3n) is 3.87. The maximum absolute atomic E-state index is 11.7. The van der Waals surface area contributed by atoms with Gasteiger partial charge in [-0.15, -0.1) is 0 Å². The van der Waals surface area contributed by atoms with Crippen molar-refractivity contribution >= 4 is 16.1 Å². The van der Waals surface area contributed by atoms with Gasteiger partial charge < -0.3 is 15.3 Å². The van der Waals surface area contributed by atoms with Crippen LogP contribution < -0.4 is 0 Å². The minimum absolute atomic E-state index is 0.0741. The zero-order valence-electron chi connectivity index (χ0n) is 16.8. The van der Waals surface area contributed by atoms with E-state index in [0.29, 0.717) is 5.56 Å². The van der Waals surface area contributed by atoms with Gasteiger partial charge in [0, 0.05) is 5.92 Å². The molecule has 2 aromatic carbocycles. The fourth-order valence-corrected chi connectivity index (χ4v) is 2.42. The summed E-state index contributed by atoms with van der Waals surface area (Å²) >= 11 is 0. The van der Waals surface area contributed by atoms with Crippen molar-refractivity contribution in [3.8, 4) is 0 Å². The maximum Gasteiger partial charge on any atom is 0.391 e. The standard InChI is InChI=1S/C7H13F3O2.C7H6O2.C6H6O3S/c1-4(5(2)11)6(12)3-7(8,9)10;8-7(9)6-4-2-1-3-5-6;7-10(8,9)6-4-2-1-3-5-6/h4-6,11-12H,3H2,1-2H3;1-5H,(H,8,9);1-5H,(H,7,8,9). The van der Waals surface area contributed by atoms with Gasteiger partial charge in [0.15, 0.2) is 0 Å². The Labute approximate surface area is 178 Å². The van der Waals surface area contributed by atoms with Gasteiger partial charge in [-0.1, -0.05) is 43.3 Å². The Morgan fingerprint density at radius 1 is 0.935 bits per heavy atom. The molecule has 7 nitrogen and oxygen atoms in total. The molecule has 174 valence electrons. The van der Waals surface area contributed by atoms with Crippen LogP contribution in [0.2, 0.25) is 0 Å². The van der Waals surface area contributed by atoms with Gasteiger partial charge in [0.05, 0.1) is 29.1 Å². The Hall–Kier alpha value is -2.47. The molecule has 0 aliphatic heterocycles. The molecular formula is C20H25F3O7S. The summed E-state index contributed by atoms with van der Waals surface area (Å²) in [6.07, 6.45) is -8.09. The summed E-state index contributed by atoms with van der Waals surface area (Å²) in [5, 5.41) is 26.2. The molecule has 0 aromatic heterocycles. The highest BCUT2D eigenvalue weighted by Crippen LogP contribution is 2.25. The minimum atomic E-state index is -4.37. The van der Waals surface area contributed by atoms with E-state index >= 15 is 0 Å². The number of carboxylic acids is 1. The summed E-state index contributed by atoms with van der Waals surface area (Å²) in [7, 11) is -4.00. The van der Waals surface area contributed by atoms with E-state index in [1.54, 1.807) is 48.5 Å². The Kier molecular flexibility index (Phi) is 12.0. The van der Waals surface area contributed by atoms with Crippen molar-refractivity contribution < 1.29 is 46.3 Å². The molecule has 0 amide bonds. The number of rotatable bonds is 5. The number of carbonyl (C=O) groups is 1. The molecular weight excluding hydrogens is 441 g/mol. The Bertz CT molecular complexity index is 871. The zero-order valence-corrected chi connectivity index (χ0v) is 17.6.